The summed E-state index contributed by atoms with van der Waals surface area (Å²) in [6.45, 7) is 0. The maximum absolute atomic E-state index is 12.5. The Kier molecular flexibility index (Phi) is 1.84. The molecule has 0 saturated carbocycles. The van der Waals surface area contributed by atoms with E-state index in [2.05, 4.69) is 4.98 Å². The molecule has 1 aromatic carbocycles. The number of nitrogens with two attached hydrogens (primary N) is 1. The van der Waals surface area contributed by atoms with E-state index in [4.69, 9.17) is 5.73 Å². The third-order valence-electron chi connectivity index (χ3n) is 2.13. The molecule has 0 aliphatic carbocycles. The van der Waals surface area contributed by atoms with Crippen LogP contribution in [0.5, 0.6) is 0 Å². The normalized spacial score (nSPS) is 16.5. The molecule has 0 aliphatic rings. The number of anilines is 1. The number of hydrogen-bond donors (Lipinski definition) is 1. The molecule has 1 heterocycles. The van der Waals surface area contributed by atoms with Gasteiger partial charge in [-0.25, -0.2) is 4.98 Å². The van der Waals surface area contributed by atoms with E-state index < -0.39 is 15.1 Å². The number of pyridine rings is 1. The van der Waals surface area contributed by atoms with Gasteiger partial charge in [0.05, 0.1) is 5.52 Å². The van der Waals surface area contributed by atoms with Crippen LogP contribution in [-0.2, 0) is 0 Å². The zero-order chi connectivity index (χ0) is 13.0. The van der Waals surface area contributed by atoms with Gasteiger partial charge in [0.2, 0.25) is 0 Å². The highest BCUT2D eigenvalue weighted by molar-refractivity contribution is 8.45. The van der Waals surface area contributed by atoms with E-state index in [1.165, 1.54) is 12.1 Å². The Hall–Kier alpha value is -1.57. The average molecular weight is 270 g/mol. The standard InChI is InChI=1S/C9H7F5N2S/c10-17(11,12,13,14)7-2-3-8-6(5-7)1-4-9(15)16-8/h1-5H,(H2,15,16). The number of fused-ring (bicyclic) bond motifs is 1. The molecule has 8 heteroatoms. The number of rotatable bonds is 1. The highest BCUT2D eigenvalue weighted by Gasteiger charge is 2.65. The van der Waals surface area contributed by atoms with Crippen molar-refractivity contribution in [1.82, 2.24) is 4.98 Å². The van der Waals surface area contributed by atoms with Gasteiger partial charge in [0, 0.05) is 5.39 Å². The first kappa shape index (κ1) is 11.9. The summed E-state index contributed by atoms with van der Waals surface area (Å²) in [5, 5.41) is -0.0371. The second-order valence-electron chi connectivity index (χ2n) is 3.56. The van der Waals surface area contributed by atoms with Crippen LogP contribution >= 0.6 is 10.2 Å². The van der Waals surface area contributed by atoms with Crippen molar-refractivity contribution in [2.75, 3.05) is 5.73 Å². The minimum atomic E-state index is -9.63. The maximum Gasteiger partial charge on any atom is 0.310 e. The Morgan fingerprint density at radius 3 is 2.18 bits per heavy atom. The maximum atomic E-state index is 12.5. The third-order valence-corrected chi connectivity index (χ3v) is 3.27. The monoisotopic (exact) mass is 270 g/mol. The van der Waals surface area contributed by atoms with Gasteiger partial charge in [-0.2, -0.15) is 0 Å². The Bertz CT molecular complexity index is 607. The molecule has 0 fully saturated rings. The van der Waals surface area contributed by atoms with Crippen LogP contribution in [0.4, 0.5) is 25.2 Å². The molecular formula is C9H7F5N2S. The van der Waals surface area contributed by atoms with Crippen molar-refractivity contribution in [1.29, 1.82) is 0 Å². The summed E-state index contributed by atoms with van der Waals surface area (Å²) in [6, 6.07) is 4.03. The van der Waals surface area contributed by atoms with E-state index in [-0.39, 0.29) is 16.7 Å². The van der Waals surface area contributed by atoms with Crippen molar-refractivity contribution in [3.63, 3.8) is 0 Å². The molecular weight excluding hydrogens is 263 g/mol. The summed E-state index contributed by atoms with van der Waals surface area (Å²) in [4.78, 5) is 1.80. The predicted octanol–water partition coefficient (Wildman–Crippen LogP) is 4.47. The van der Waals surface area contributed by atoms with Crippen LogP contribution in [-0.4, -0.2) is 4.98 Å². The number of nitrogen functional groups attached to an aromatic ring is 1. The number of halogens is 5. The van der Waals surface area contributed by atoms with Crippen LogP contribution in [0.3, 0.4) is 0 Å². The molecule has 0 radical (unpaired) electrons. The minimum Gasteiger partial charge on any atom is -0.384 e. The molecule has 0 saturated heterocycles. The molecule has 0 amide bonds. The summed E-state index contributed by atoms with van der Waals surface area (Å²) < 4.78 is 62.5. The topological polar surface area (TPSA) is 38.9 Å². The fourth-order valence-corrected chi connectivity index (χ4v) is 2.03. The lowest BCUT2D eigenvalue weighted by atomic mass is 10.2. The first-order chi connectivity index (χ1) is 7.45. The zero-order valence-electron chi connectivity index (χ0n) is 8.21. The molecule has 2 N–H and O–H groups in total. The number of nitrogens with zero attached hydrogens (tertiary/aromatic N) is 1. The first-order valence-corrected chi connectivity index (χ1v) is 6.31. The third kappa shape index (κ3) is 2.41. The molecule has 1 aromatic heterocycles. The summed E-state index contributed by atoms with van der Waals surface area (Å²) in [5.41, 5.74) is 5.46. The van der Waals surface area contributed by atoms with E-state index in [0.717, 1.165) is 6.07 Å². The van der Waals surface area contributed by atoms with E-state index in [9.17, 15) is 19.4 Å². The summed E-state index contributed by atoms with van der Waals surface area (Å²) >= 11 is 0. The van der Waals surface area contributed by atoms with Crippen molar-refractivity contribution in [2.24, 2.45) is 0 Å². The number of hydrogen-bond acceptors (Lipinski definition) is 2. The fourth-order valence-electron chi connectivity index (χ4n) is 1.36. The Labute approximate surface area is 93.0 Å². The molecule has 2 aromatic rings. The van der Waals surface area contributed by atoms with Gasteiger partial charge in [0.1, 0.15) is 10.7 Å². The van der Waals surface area contributed by atoms with E-state index in [0.29, 0.717) is 12.1 Å². The van der Waals surface area contributed by atoms with Gasteiger partial charge in [0.25, 0.3) is 0 Å². The summed E-state index contributed by atoms with van der Waals surface area (Å²) in [6.07, 6.45) is 0. The average Bonchev–Trinajstić information content (AvgIpc) is 2.13. The van der Waals surface area contributed by atoms with Crippen molar-refractivity contribution < 1.29 is 19.4 Å². The summed E-state index contributed by atoms with van der Waals surface area (Å²) in [5.74, 6) is 0.109. The van der Waals surface area contributed by atoms with Gasteiger partial charge in [-0.1, -0.05) is 19.4 Å². The van der Waals surface area contributed by atoms with Crippen molar-refractivity contribution in [2.45, 2.75) is 4.90 Å². The SMILES string of the molecule is Nc1ccc2cc(S(F)(F)(F)(F)F)ccc2n1. The van der Waals surface area contributed by atoms with Crippen molar-refractivity contribution in [3.05, 3.63) is 30.3 Å². The molecule has 0 bridgehead atoms. The lowest BCUT2D eigenvalue weighted by molar-refractivity contribution is 0.364. The van der Waals surface area contributed by atoms with Gasteiger partial charge in [0.15, 0.2) is 0 Å². The van der Waals surface area contributed by atoms with Crippen LogP contribution in [0.15, 0.2) is 35.2 Å². The predicted molar refractivity (Wildman–Crippen MR) is 57.6 cm³/mol. The van der Waals surface area contributed by atoms with Gasteiger partial charge in [-0.15, -0.1) is 0 Å². The molecule has 0 unspecified atom stereocenters. The second-order valence-corrected chi connectivity index (χ2v) is 5.97. The van der Waals surface area contributed by atoms with E-state index >= 15 is 0 Å². The lowest BCUT2D eigenvalue weighted by Crippen LogP contribution is -2.05. The molecule has 17 heavy (non-hydrogen) atoms. The van der Waals surface area contributed by atoms with Crippen LogP contribution in [0.2, 0.25) is 0 Å². The Balaban J connectivity index is 2.74. The summed E-state index contributed by atoms with van der Waals surface area (Å²) in [7, 11) is -9.63. The molecule has 0 aliphatic heterocycles. The lowest BCUT2D eigenvalue weighted by Gasteiger charge is -2.40. The smallest absolute Gasteiger partial charge is 0.310 e. The van der Waals surface area contributed by atoms with Crippen LogP contribution in [0.25, 0.3) is 10.9 Å². The largest absolute Gasteiger partial charge is 0.384 e. The zero-order valence-corrected chi connectivity index (χ0v) is 9.03. The minimum absolute atomic E-state index is 0.0371. The highest BCUT2D eigenvalue weighted by Crippen LogP contribution is 3.02. The molecule has 2 rings (SSSR count). The van der Waals surface area contributed by atoms with Gasteiger partial charge < -0.3 is 5.73 Å². The van der Waals surface area contributed by atoms with Gasteiger partial charge in [-0.3, -0.25) is 0 Å². The Morgan fingerprint density at radius 2 is 1.59 bits per heavy atom. The number of benzene rings is 1. The van der Waals surface area contributed by atoms with E-state index in [1.54, 1.807) is 0 Å². The van der Waals surface area contributed by atoms with Crippen molar-refractivity contribution >= 4 is 26.9 Å². The molecule has 2 nitrogen and oxygen atoms in total. The first-order valence-electron chi connectivity index (χ1n) is 4.36. The highest BCUT2D eigenvalue weighted by atomic mass is 32.5. The van der Waals surface area contributed by atoms with Crippen LogP contribution in [0.1, 0.15) is 0 Å². The number of aromatic nitrogens is 1. The van der Waals surface area contributed by atoms with Crippen LogP contribution in [0, 0.1) is 0 Å². The Morgan fingerprint density at radius 1 is 0.941 bits per heavy atom. The second kappa shape index (κ2) is 2.63. The van der Waals surface area contributed by atoms with Gasteiger partial charge in [-0.05, 0) is 30.3 Å². The molecule has 94 valence electrons. The quantitative estimate of drug-likeness (QED) is 0.776. The van der Waals surface area contributed by atoms with E-state index in [1.807, 2.05) is 0 Å². The molecule has 0 spiro atoms. The van der Waals surface area contributed by atoms with Crippen LogP contribution < -0.4 is 5.73 Å². The van der Waals surface area contributed by atoms with Crippen molar-refractivity contribution in [3.8, 4) is 0 Å². The molecule has 0 atom stereocenters. The van der Waals surface area contributed by atoms with Gasteiger partial charge >= 0.3 is 10.2 Å². The fraction of sp³-hybridized carbons (Fsp3) is 0.